The van der Waals surface area contributed by atoms with Gasteiger partial charge in [0, 0.05) is 25.4 Å². The van der Waals surface area contributed by atoms with Crippen molar-refractivity contribution in [1.29, 1.82) is 0 Å². The van der Waals surface area contributed by atoms with E-state index in [2.05, 4.69) is 6.92 Å². The van der Waals surface area contributed by atoms with Crippen molar-refractivity contribution in [2.75, 3.05) is 13.1 Å². The second-order valence-corrected chi connectivity index (χ2v) is 4.18. The van der Waals surface area contributed by atoms with Gasteiger partial charge in [0.05, 0.1) is 0 Å². The van der Waals surface area contributed by atoms with E-state index in [-0.39, 0.29) is 5.91 Å². The molecule has 2 rings (SSSR count). The smallest absolute Gasteiger partial charge is 0.219 e. The highest BCUT2D eigenvalue weighted by Gasteiger charge is 2.52. The molecule has 0 N–H and O–H groups in total. The van der Waals surface area contributed by atoms with Crippen molar-refractivity contribution in [2.45, 2.75) is 26.7 Å². The number of hydrogen-bond acceptors (Lipinski definition) is 1. The zero-order valence-corrected chi connectivity index (χ0v) is 7.26. The van der Waals surface area contributed by atoms with Crippen LogP contribution in [-0.2, 0) is 4.79 Å². The molecule has 0 aromatic rings. The topological polar surface area (TPSA) is 20.3 Å². The second kappa shape index (κ2) is 1.99. The summed E-state index contributed by atoms with van der Waals surface area (Å²) >= 11 is 0. The maximum Gasteiger partial charge on any atom is 0.219 e. The van der Waals surface area contributed by atoms with E-state index in [4.69, 9.17) is 0 Å². The van der Waals surface area contributed by atoms with Crippen molar-refractivity contribution >= 4 is 5.91 Å². The third kappa shape index (κ3) is 0.815. The van der Waals surface area contributed by atoms with Gasteiger partial charge in [-0.05, 0) is 18.8 Å². The molecule has 2 nitrogen and oxygen atoms in total. The van der Waals surface area contributed by atoms with Gasteiger partial charge in [-0.3, -0.25) is 4.79 Å². The van der Waals surface area contributed by atoms with Crippen LogP contribution < -0.4 is 0 Å². The lowest BCUT2D eigenvalue weighted by Gasteiger charge is -2.59. The lowest BCUT2D eigenvalue weighted by Crippen LogP contribution is -2.64. The van der Waals surface area contributed by atoms with Crippen LogP contribution in [0.5, 0.6) is 0 Å². The molecule has 0 radical (unpaired) electrons. The third-order valence-electron chi connectivity index (χ3n) is 3.58. The molecule has 2 heteroatoms. The molecule has 1 saturated heterocycles. The molecule has 1 heterocycles. The van der Waals surface area contributed by atoms with Crippen LogP contribution in [0.15, 0.2) is 0 Å². The van der Waals surface area contributed by atoms with E-state index in [9.17, 15) is 4.79 Å². The molecule has 1 atom stereocenters. The molecular formula is C9H15NO. The van der Waals surface area contributed by atoms with Gasteiger partial charge in [0.2, 0.25) is 5.91 Å². The summed E-state index contributed by atoms with van der Waals surface area (Å²) in [5.74, 6) is 1.10. The number of hydrogen-bond donors (Lipinski definition) is 0. The predicted octanol–water partition coefficient (Wildman–Crippen LogP) is 1.26. The summed E-state index contributed by atoms with van der Waals surface area (Å²) in [4.78, 5) is 12.8. The van der Waals surface area contributed by atoms with Crippen LogP contribution in [0.1, 0.15) is 26.7 Å². The van der Waals surface area contributed by atoms with Crippen molar-refractivity contribution in [2.24, 2.45) is 11.3 Å². The minimum atomic E-state index is 0.245. The number of carbonyl (C=O) groups is 1. The first-order valence-electron chi connectivity index (χ1n) is 4.40. The van der Waals surface area contributed by atoms with E-state index < -0.39 is 0 Å². The van der Waals surface area contributed by atoms with Crippen LogP contribution in [-0.4, -0.2) is 23.9 Å². The van der Waals surface area contributed by atoms with Crippen molar-refractivity contribution < 1.29 is 4.79 Å². The highest BCUT2D eigenvalue weighted by atomic mass is 16.2. The average molecular weight is 153 g/mol. The van der Waals surface area contributed by atoms with E-state index in [1.165, 1.54) is 12.8 Å². The van der Waals surface area contributed by atoms with E-state index >= 15 is 0 Å². The number of likely N-dealkylation sites (tertiary alicyclic amines) is 1. The Balaban J connectivity index is 1.92. The molecule has 1 aliphatic carbocycles. The molecule has 11 heavy (non-hydrogen) atoms. The first-order chi connectivity index (χ1) is 5.14. The fourth-order valence-corrected chi connectivity index (χ4v) is 2.25. The Morgan fingerprint density at radius 3 is 2.45 bits per heavy atom. The molecule has 0 aromatic heterocycles. The molecule has 2 aliphatic rings. The monoisotopic (exact) mass is 153 g/mol. The minimum Gasteiger partial charge on any atom is -0.342 e. The maximum atomic E-state index is 10.9. The zero-order chi connectivity index (χ0) is 8.06. The van der Waals surface area contributed by atoms with Crippen molar-refractivity contribution in [3.8, 4) is 0 Å². The van der Waals surface area contributed by atoms with Crippen LogP contribution in [0.3, 0.4) is 0 Å². The Kier molecular flexibility index (Phi) is 1.29. The van der Waals surface area contributed by atoms with Gasteiger partial charge in [-0.2, -0.15) is 0 Å². The molecule has 1 aliphatic heterocycles. The van der Waals surface area contributed by atoms with Crippen LogP contribution >= 0.6 is 0 Å². The summed E-state index contributed by atoms with van der Waals surface area (Å²) in [7, 11) is 0. The van der Waals surface area contributed by atoms with E-state index in [1.807, 2.05) is 4.90 Å². The molecule has 1 amide bonds. The molecule has 0 bridgehead atoms. The number of rotatable bonds is 0. The molecule has 2 fully saturated rings. The Morgan fingerprint density at radius 2 is 2.18 bits per heavy atom. The molecule has 1 spiro atoms. The number of amides is 1. The van der Waals surface area contributed by atoms with Crippen LogP contribution in [0.4, 0.5) is 0 Å². The van der Waals surface area contributed by atoms with Gasteiger partial charge in [0.15, 0.2) is 0 Å². The summed E-state index contributed by atoms with van der Waals surface area (Å²) in [6, 6.07) is 0. The van der Waals surface area contributed by atoms with E-state index in [0.29, 0.717) is 5.41 Å². The molecular weight excluding hydrogens is 138 g/mol. The van der Waals surface area contributed by atoms with Gasteiger partial charge < -0.3 is 4.90 Å². The fourth-order valence-electron chi connectivity index (χ4n) is 2.25. The Bertz CT molecular complexity index is 194. The fraction of sp³-hybridized carbons (Fsp3) is 0.889. The molecule has 62 valence electrons. The highest BCUT2D eigenvalue weighted by Crippen LogP contribution is 2.52. The van der Waals surface area contributed by atoms with Gasteiger partial charge in [-0.15, -0.1) is 0 Å². The second-order valence-electron chi connectivity index (χ2n) is 4.18. The van der Waals surface area contributed by atoms with Crippen LogP contribution in [0.25, 0.3) is 0 Å². The normalized spacial score (nSPS) is 32.9. The van der Waals surface area contributed by atoms with Crippen LogP contribution in [0, 0.1) is 11.3 Å². The van der Waals surface area contributed by atoms with Crippen molar-refractivity contribution in [3.05, 3.63) is 0 Å². The largest absolute Gasteiger partial charge is 0.342 e. The van der Waals surface area contributed by atoms with Gasteiger partial charge in [-0.25, -0.2) is 0 Å². The van der Waals surface area contributed by atoms with Gasteiger partial charge in [0.1, 0.15) is 0 Å². The first kappa shape index (κ1) is 7.14. The Hall–Kier alpha value is -0.530. The summed E-state index contributed by atoms with van der Waals surface area (Å²) in [5.41, 5.74) is 0.561. The number of carbonyl (C=O) groups excluding carboxylic acids is 1. The number of nitrogens with zero attached hydrogens (tertiary/aromatic N) is 1. The minimum absolute atomic E-state index is 0.245. The SMILES string of the molecule is CC(=O)N1CC2(CCC2C)C1. The first-order valence-corrected chi connectivity index (χ1v) is 4.40. The van der Waals surface area contributed by atoms with Crippen molar-refractivity contribution in [1.82, 2.24) is 4.90 Å². The standard InChI is InChI=1S/C9H15NO/c1-7-3-4-9(7)5-10(6-9)8(2)11/h7H,3-6H2,1-2H3. The van der Waals surface area contributed by atoms with Crippen molar-refractivity contribution in [3.63, 3.8) is 0 Å². The predicted molar refractivity (Wildman–Crippen MR) is 43.1 cm³/mol. The maximum absolute atomic E-state index is 10.9. The lowest BCUT2D eigenvalue weighted by molar-refractivity contribution is -0.155. The van der Waals surface area contributed by atoms with Crippen LogP contribution in [0.2, 0.25) is 0 Å². The summed E-state index contributed by atoms with van der Waals surface area (Å²) < 4.78 is 0. The van der Waals surface area contributed by atoms with E-state index in [0.717, 1.165) is 19.0 Å². The molecule has 0 aromatic carbocycles. The van der Waals surface area contributed by atoms with Gasteiger partial charge >= 0.3 is 0 Å². The summed E-state index contributed by atoms with van der Waals surface area (Å²) in [6.45, 7) is 6.03. The highest BCUT2D eigenvalue weighted by molar-refractivity contribution is 5.74. The summed E-state index contributed by atoms with van der Waals surface area (Å²) in [5, 5.41) is 0. The Morgan fingerprint density at radius 1 is 1.55 bits per heavy atom. The third-order valence-corrected chi connectivity index (χ3v) is 3.58. The van der Waals surface area contributed by atoms with Gasteiger partial charge in [0.25, 0.3) is 0 Å². The molecule has 1 saturated carbocycles. The Labute approximate surface area is 67.6 Å². The summed E-state index contributed by atoms with van der Waals surface area (Å²) in [6.07, 6.45) is 2.71. The lowest BCUT2D eigenvalue weighted by atomic mass is 9.56. The molecule has 1 unspecified atom stereocenters. The average Bonchev–Trinajstić information content (AvgIpc) is 1.81. The quantitative estimate of drug-likeness (QED) is 0.513. The van der Waals surface area contributed by atoms with Gasteiger partial charge in [-0.1, -0.05) is 6.92 Å². The zero-order valence-electron chi connectivity index (χ0n) is 7.26. The van der Waals surface area contributed by atoms with E-state index in [1.54, 1.807) is 6.92 Å².